The maximum atomic E-state index is 3.98. The van der Waals surface area contributed by atoms with E-state index >= 15 is 0 Å². The second-order valence-corrected chi connectivity index (χ2v) is 5.35. The molecular weight excluding hydrogens is 232 g/mol. The first-order valence-electron chi connectivity index (χ1n) is 5.06. The van der Waals surface area contributed by atoms with E-state index in [2.05, 4.69) is 54.4 Å². The van der Waals surface area contributed by atoms with Crippen LogP contribution in [-0.4, -0.2) is 5.87 Å². The topological polar surface area (TPSA) is 0 Å². The molecule has 0 fully saturated rings. The van der Waals surface area contributed by atoms with Crippen molar-refractivity contribution in [3.8, 4) is 0 Å². The van der Waals surface area contributed by atoms with E-state index in [0.717, 1.165) is 0 Å². The summed E-state index contributed by atoms with van der Waals surface area (Å²) in [6.07, 6.45) is 0. The first-order valence-corrected chi connectivity index (χ1v) is 6.86. The molecule has 0 unspecified atom stereocenters. The molecule has 2 heteroatoms. The molecule has 0 amide bonds. The molecule has 2 aromatic carbocycles. The van der Waals surface area contributed by atoms with Gasteiger partial charge in [-0.25, -0.2) is 0 Å². The first-order chi connectivity index (χ1) is 7.90. The van der Waals surface area contributed by atoms with Crippen LogP contribution < -0.4 is 0 Å². The van der Waals surface area contributed by atoms with Crippen LogP contribution in [-0.2, 0) is 0 Å². The molecule has 3 rings (SSSR count). The van der Waals surface area contributed by atoms with Crippen LogP contribution in [0, 0.1) is 4.51 Å². The van der Waals surface area contributed by atoms with Gasteiger partial charge in [0.1, 0.15) is 0 Å². The van der Waals surface area contributed by atoms with Crippen LogP contribution in [0.3, 0.4) is 0 Å². The van der Waals surface area contributed by atoms with Gasteiger partial charge in [-0.05, 0) is 18.0 Å². The predicted molar refractivity (Wildman–Crippen MR) is 77.3 cm³/mol. The van der Waals surface area contributed by atoms with Gasteiger partial charge in [0.25, 0.3) is 0 Å². The molecule has 0 atom stereocenters. The van der Waals surface area contributed by atoms with Crippen LogP contribution in [0.15, 0.2) is 48.5 Å². The normalized spacial score (nSPS) is 10.8. The molecule has 16 heavy (non-hydrogen) atoms. The summed E-state index contributed by atoms with van der Waals surface area (Å²) < 4.78 is 3.93. The van der Waals surface area contributed by atoms with Crippen molar-refractivity contribution in [1.82, 2.24) is 0 Å². The molecule has 0 nitrogen and oxygen atoms in total. The molecule has 0 radical (unpaired) electrons. The zero-order valence-electron chi connectivity index (χ0n) is 8.64. The van der Waals surface area contributed by atoms with Gasteiger partial charge in [0.2, 0.25) is 0 Å². The zero-order valence-corrected chi connectivity index (χ0v) is 10.3. The Kier molecular flexibility index (Phi) is 2.39. The Morgan fingerprint density at radius 1 is 0.812 bits per heavy atom. The van der Waals surface area contributed by atoms with Crippen molar-refractivity contribution in [2.45, 2.75) is 0 Å². The highest BCUT2D eigenvalue weighted by Gasteiger charge is 2.00. The van der Waals surface area contributed by atoms with Gasteiger partial charge >= 0.3 is 0 Å². The number of hydrogen-bond donors (Lipinski definition) is 0. The molecule has 0 spiro atoms. The third-order valence-corrected chi connectivity index (χ3v) is 4.51. The van der Waals surface area contributed by atoms with E-state index in [9.17, 15) is 0 Å². The largest absolute Gasteiger partial charge is 0.151 e. The smallest absolute Gasteiger partial charge is 0.0437 e. The van der Waals surface area contributed by atoms with Gasteiger partial charge in [-0.3, -0.25) is 0 Å². The summed E-state index contributed by atoms with van der Waals surface area (Å²) in [7, 11) is 1.58. The standard InChI is InChI=1S/C14H10S2/c1-15-14-10-6-2-4-8-12(10)16-13-9-5-3-7-11(13)14/h2-9H,1H2. The van der Waals surface area contributed by atoms with Gasteiger partial charge in [-0.15, -0.1) is 11.3 Å². The quantitative estimate of drug-likeness (QED) is 0.394. The summed E-state index contributed by atoms with van der Waals surface area (Å²) in [5, 5.41) is 2.62. The summed E-state index contributed by atoms with van der Waals surface area (Å²) in [5.41, 5.74) is 0. The number of rotatable bonds is 0. The fourth-order valence-corrected chi connectivity index (χ4v) is 3.79. The lowest BCUT2D eigenvalue weighted by atomic mass is 10.2. The van der Waals surface area contributed by atoms with E-state index in [1.807, 2.05) is 11.3 Å². The molecule has 3 aromatic rings. The minimum atomic E-state index is 1.28. The Balaban J connectivity index is 2.74. The maximum absolute atomic E-state index is 3.98. The number of benzene rings is 2. The lowest BCUT2D eigenvalue weighted by Gasteiger charge is -2.01. The first kappa shape index (κ1) is 9.82. The molecule has 0 aliphatic carbocycles. The van der Waals surface area contributed by atoms with E-state index in [4.69, 9.17) is 0 Å². The van der Waals surface area contributed by atoms with E-state index in [1.54, 1.807) is 10.9 Å². The van der Waals surface area contributed by atoms with Gasteiger partial charge < -0.3 is 0 Å². The highest BCUT2D eigenvalue weighted by molar-refractivity contribution is 7.88. The van der Waals surface area contributed by atoms with Crippen molar-refractivity contribution in [2.24, 2.45) is 0 Å². The molecule has 0 N–H and O–H groups in total. The average molecular weight is 242 g/mol. The van der Waals surface area contributed by atoms with E-state index < -0.39 is 0 Å². The van der Waals surface area contributed by atoms with Gasteiger partial charge in [0.15, 0.2) is 0 Å². The minimum Gasteiger partial charge on any atom is -0.151 e. The van der Waals surface area contributed by atoms with Gasteiger partial charge in [-0.1, -0.05) is 36.4 Å². The molecule has 78 valence electrons. The lowest BCUT2D eigenvalue weighted by Crippen LogP contribution is -1.75. The van der Waals surface area contributed by atoms with Crippen LogP contribution >= 0.6 is 22.3 Å². The average Bonchev–Trinajstić information content (AvgIpc) is 2.36. The molecular formula is C14H10S2. The van der Waals surface area contributed by atoms with Gasteiger partial charge in [0.05, 0.1) is 0 Å². The summed E-state index contributed by atoms with van der Waals surface area (Å²) in [4.78, 5) is 0. The Morgan fingerprint density at radius 2 is 1.31 bits per heavy atom. The zero-order chi connectivity index (χ0) is 11.0. The molecule has 1 aromatic heterocycles. The molecule has 0 bridgehead atoms. The number of fused-ring (bicyclic) bond motifs is 2. The van der Waals surface area contributed by atoms with Crippen LogP contribution in [0.5, 0.6) is 0 Å². The SMILES string of the molecule is C=S=c1c2ccccc2sc2ccccc12. The van der Waals surface area contributed by atoms with Crippen molar-refractivity contribution >= 4 is 48.3 Å². The van der Waals surface area contributed by atoms with Crippen molar-refractivity contribution < 1.29 is 0 Å². The van der Waals surface area contributed by atoms with Crippen LogP contribution in [0.2, 0.25) is 0 Å². The molecule has 0 aliphatic heterocycles. The van der Waals surface area contributed by atoms with Crippen LogP contribution in [0.25, 0.3) is 20.2 Å². The lowest BCUT2D eigenvalue weighted by molar-refractivity contribution is 1.80. The molecule has 0 saturated carbocycles. The summed E-state index contributed by atoms with van der Waals surface area (Å²) >= 11 is 1.84. The van der Waals surface area contributed by atoms with Crippen LogP contribution in [0.4, 0.5) is 0 Å². The molecule has 1 heterocycles. The monoisotopic (exact) mass is 242 g/mol. The van der Waals surface area contributed by atoms with Crippen molar-refractivity contribution in [1.29, 1.82) is 0 Å². The van der Waals surface area contributed by atoms with Crippen LogP contribution in [0.1, 0.15) is 0 Å². The van der Waals surface area contributed by atoms with E-state index in [-0.39, 0.29) is 0 Å². The van der Waals surface area contributed by atoms with Gasteiger partial charge in [-0.2, -0.15) is 10.9 Å². The Bertz CT molecular complexity index is 705. The minimum absolute atomic E-state index is 1.28. The number of hydrogen-bond acceptors (Lipinski definition) is 1. The second-order valence-electron chi connectivity index (χ2n) is 3.57. The van der Waals surface area contributed by atoms with Crippen molar-refractivity contribution in [3.05, 3.63) is 53.0 Å². The second kappa shape index (κ2) is 3.89. The molecule has 0 aliphatic rings. The summed E-state index contributed by atoms with van der Waals surface area (Å²) in [5.74, 6) is 3.98. The van der Waals surface area contributed by atoms with E-state index in [1.165, 1.54) is 24.7 Å². The predicted octanol–water partition coefficient (Wildman–Crippen LogP) is 4.75. The highest BCUT2D eigenvalue weighted by Crippen LogP contribution is 2.29. The Hall–Kier alpha value is -1.38. The highest BCUT2D eigenvalue weighted by atomic mass is 32.1. The fourth-order valence-electron chi connectivity index (χ4n) is 1.91. The summed E-state index contributed by atoms with van der Waals surface area (Å²) in [6, 6.07) is 17.0. The van der Waals surface area contributed by atoms with Gasteiger partial charge in [0, 0.05) is 24.7 Å². The maximum Gasteiger partial charge on any atom is 0.0437 e. The molecule has 0 saturated heterocycles. The Morgan fingerprint density at radius 3 is 1.81 bits per heavy atom. The summed E-state index contributed by atoms with van der Waals surface area (Å²) in [6.45, 7) is 0. The van der Waals surface area contributed by atoms with E-state index in [0.29, 0.717) is 0 Å². The third kappa shape index (κ3) is 1.42. The Labute approximate surface area is 101 Å². The fraction of sp³-hybridized carbons (Fsp3) is 0. The van der Waals surface area contributed by atoms with Crippen molar-refractivity contribution in [3.63, 3.8) is 0 Å². The third-order valence-electron chi connectivity index (χ3n) is 2.63. The van der Waals surface area contributed by atoms with Crippen molar-refractivity contribution in [2.75, 3.05) is 0 Å².